The predicted molar refractivity (Wildman–Crippen MR) is 84.1 cm³/mol. The summed E-state index contributed by atoms with van der Waals surface area (Å²) < 4.78 is 10.5. The molecule has 0 bridgehead atoms. The molecule has 0 radical (unpaired) electrons. The van der Waals surface area contributed by atoms with Gasteiger partial charge in [-0.05, 0) is 17.7 Å². The van der Waals surface area contributed by atoms with Crippen LogP contribution in [0, 0.1) is 0 Å². The summed E-state index contributed by atoms with van der Waals surface area (Å²) in [5.41, 5.74) is 2.23. The van der Waals surface area contributed by atoms with E-state index in [0.29, 0.717) is 24.8 Å². The Hall–Kier alpha value is -0.850. The third-order valence-electron chi connectivity index (χ3n) is 3.59. The molecule has 0 amide bonds. The van der Waals surface area contributed by atoms with Crippen molar-refractivity contribution in [2.75, 3.05) is 51.5 Å². The number of rotatable bonds is 7. The largest absolute Gasteiger partial charge is 0.394 e. The third-order valence-corrected chi connectivity index (χ3v) is 3.83. The summed E-state index contributed by atoms with van der Waals surface area (Å²) in [6.07, 6.45) is 0. The van der Waals surface area contributed by atoms with Crippen LogP contribution in [0.25, 0.3) is 0 Å². The Bertz CT molecular complexity index is 445. The molecule has 1 saturated heterocycles. The number of ether oxygens (including phenoxy) is 2. The van der Waals surface area contributed by atoms with E-state index in [0.717, 1.165) is 30.9 Å². The highest BCUT2D eigenvalue weighted by Crippen LogP contribution is 2.27. The summed E-state index contributed by atoms with van der Waals surface area (Å²) in [5, 5.41) is 13.6. The zero-order chi connectivity index (χ0) is 15.1. The monoisotopic (exact) mass is 314 g/mol. The van der Waals surface area contributed by atoms with Crippen LogP contribution in [0.15, 0.2) is 18.2 Å². The van der Waals surface area contributed by atoms with Gasteiger partial charge in [-0.25, -0.2) is 0 Å². The van der Waals surface area contributed by atoms with Crippen molar-refractivity contribution in [1.29, 1.82) is 0 Å². The second-order valence-corrected chi connectivity index (χ2v) is 5.48. The van der Waals surface area contributed by atoms with Crippen molar-refractivity contribution in [3.63, 3.8) is 0 Å². The quantitative estimate of drug-likeness (QED) is 0.743. The van der Waals surface area contributed by atoms with Gasteiger partial charge < -0.3 is 24.8 Å². The first kappa shape index (κ1) is 16.5. The molecule has 0 saturated carbocycles. The molecule has 21 heavy (non-hydrogen) atoms. The first-order valence-electron chi connectivity index (χ1n) is 7.19. The van der Waals surface area contributed by atoms with E-state index in [1.807, 2.05) is 18.2 Å². The topological polar surface area (TPSA) is 54.0 Å². The second kappa shape index (κ2) is 8.56. The third kappa shape index (κ3) is 4.56. The molecule has 1 aromatic carbocycles. The molecule has 2 rings (SSSR count). The van der Waals surface area contributed by atoms with E-state index in [1.165, 1.54) is 0 Å². The highest BCUT2D eigenvalue weighted by Gasteiger charge is 2.24. The summed E-state index contributed by atoms with van der Waals surface area (Å²) >= 11 is 6.15. The number of hydrogen-bond acceptors (Lipinski definition) is 5. The lowest BCUT2D eigenvalue weighted by atomic mass is 10.1. The van der Waals surface area contributed by atoms with Gasteiger partial charge >= 0.3 is 0 Å². The molecule has 5 nitrogen and oxygen atoms in total. The van der Waals surface area contributed by atoms with Gasteiger partial charge in [0.15, 0.2) is 0 Å². The normalized spacial score (nSPS) is 19.0. The fraction of sp³-hybridized carbons (Fsp3) is 0.600. The van der Waals surface area contributed by atoms with Crippen LogP contribution >= 0.6 is 11.6 Å². The minimum absolute atomic E-state index is 0.0186. The number of nitrogens with one attached hydrogen (secondary N) is 1. The number of hydrogen-bond donors (Lipinski definition) is 2. The van der Waals surface area contributed by atoms with E-state index in [2.05, 4.69) is 10.2 Å². The molecule has 0 spiro atoms. The molecule has 2 N–H and O–H groups in total. The number of aliphatic hydroxyl groups is 1. The summed E-state index contributed by atoms with van der Waals surface area (Å²) in [7, 11) is 1.69. The maximum absolute atomic E-state index is 9.54. The Morgan fingerprint density at radius 3 is 3.14 bits per heavy atom. The molecular formula is C15H23ClN2O3. The molecule has 1 unspecified atom stereocenters. The lowest BCUT2D eigenvalue weighted by molar-refractivity contribution is 0.0726. The number of benzene rings is 1. The Balaban J connectivity index is 2.13. The van der Waals surface area contributed by atoms with Crippen molar-refractivity contribution in [3.8, 4) is 0 Å². The molecule has 1 atom stereocenters. The van der Waals surface area contributed by atoms with Gasteiger partial charge in [0.1, 0.15) is 0 Å². The maximum atomic E-state index is 9.54. The highest BCUT2D eigenvalue weighted by molar-refractivity contribution is 6.30. The van der Waals surface area contributed by atoms with Gasteiger partial charge in [0, 0.05) is 37.5 Å². The average Bonchev–Trinajstić information content (AvgIpc) is 2.52. The molecule has 0 aromatic heterocycles. The van der Waals surface area contributed by atoms with Crippen LogP contribution in [0.1, 0.15) is 5.56 Å². The van der Waals surface area contributed by atoms with Crippen molar-refractivity contribution >= 4 is 17.3 Å². The van der Waals surface area contributed by atoms with Crippen LogP contribution in [0.2, 0.25) is 5.02 Å². The number of morpholine rings is 1. The van der Waals surface area contributed by atoms with E-state index in [4.69, 9.17) is 21.1 Å². The fourth-order valence-corrected chi connectivity index (χ4v) is 2.64. The Labute approximate surface area is 130 Å². The summed E-state index contributed by atoms with van der Waals surface area (Å²) in [6.45, 7) is 4.26. The van der Waals surface area contributed by atoms with Gasteiger partial charge in [-0.2, -0.15) is 0 Å². The minimum Gasteiger partial charge on any atom is -0.394 e. The summed E-state index contributed by atoms with van der Waals surface area (Å²) in [4.78, 5) is 2.18. The van der Waals surface area contributed by atoms with Crippen LogP contribution < -0.4 is 10.2 Å². The van der Waals surface area contributed by atoms with E-state index >= 15 is 0 Å². The number of methoxy groups -OCH3 is 1. The van der Waals surface area contributed by atoms with Gasteiger partial charge in [0.05, 0.1) is 32.5 Å². The van der Waals surface area contributed by atoms with Crippen molar-refractivity contribution in [2.24, 2.45) is 0 Å². The molecule has 6 heteroatoms. The fourth-order valence-electron chi connectivity index (χ4n) is 2.47. The standard InChI is InChI=1S/C15H23ClN2O3/c1-20-6-4-17-9-12-2-3-13(16)8-15(12)18-5-7-21-11-14(18)10-19/h2-3,8,14,17,19H,4-7,9-11H2,1H3. The van der Waals surface area contributed by atoms with E-state index in [1.54, 1.807) is 7.11 Å². The van der Waals surface area contributed by atoms with E-state index in [9.17, 15) is 5.11 Å². The molecular weight excluding hydrogens is 292 g/mol. The minimum atomic E-state index is -0.0186. The predicted octanol–water partition coefficient (Wildman–Crippen LogP) is 1.27. The maximum Gasteiger partial charge on any atom is 0.0755 e. The van der Waals surface area contributed by atoms with Crippen LogP contribution in [0.5, 0.6) is 0 Å². The highest BCUT2D eigenvalue weighted by atomic mass is 35.5. The molecule has 1 aliphatic heterocycles. The van der Waals surface area contributed by atoms with Crippen LogP contribution in [-0.2, 0) is 16.0 Å². The average molecular weight is 315 g/mol. The molecule has 1 aromatic rings. The van der Waals surface area contributed by atoms with E-state index < -0.39 is 0 Å². The molecule has 118 valence electrons. The lowest BCUT2D eigenvalue weighted by Gasteiger charge is -2.37. The van der Waals surface area contributed by atoms with Crippen molar-refractivity contribution in [2.45, 2.75) is 12.6 Å². The summed E-state index contributed by atoms with van der Waals surface area (Å²) in [6, 6.07) is 5.87. The molecule has 1 aliphatic rings. The van der Waals surface area contributed by atoms with Crippen LogP contribution in [0.3, 0.4) is 0 Å². The lowest BCUT2D eigenvalue weighted by Crippen LogP contribution is -2.48. The van der Waals surface area contributed by atoms with E-state index in [-0.39, 0.29) is 12.6 Å². The second-order valence-electron chi connectivity index (χ2n) is 5.05. The van der Waals surface area contributed by atoms with Gasteiger partial charge in [0.25, 0.3) is 0 Å². The van der Waals surface area contributed by atoms with Crippen LogP contribution in [0.4, 0.5) is 5.69 Å². The van der Waals surface area contributed by atoms with Crippen molar-refractivity contribution in [3.05, 3.63) is 28.8 Å². The van der Waals surface area contributed by atoms with Gasteiger partial charge in [-0.15, -0.1) is 0 Å². The zero-order valence-corrected chi connectivity index (χ0v) is 13.1. The zero-order valence-electron chi connectivity index (χ0n) is 12.3. The Kier molecular flexibility index (Phi) is 6.73. The Morgan fingerprint density at radius 2 is 2.38 bits per heavy atom. The van der Waals surface area contributed by atoms with Gasteiger partial charge in [0.2, 0.25) is 0 Å². The number of anilines is 1. The first-order valence-corrected chi connectivity index (χ1v) is 7.57. The van der Waals surface area contributed by atoms with Gasteiger partial charge in [-0.1, -0.05) is 17.7 Å². The van der Waals surface area contributed by atoms with Crippen molar-refractivity contribution in [1.82, 2.24) is 5.32 Å². The van der Waals surface area contributed by atoms with Crippen molar-refractivity contribution < 1.29 is 14.6 Å². The Morgan fingerprint density at radius 1 is 1.52 bits per heavy atom. The SMILES string of the molecule is COCCNCc1ccc(Cl)cc1N1CCOCC1CO. The number of nitrogens with zero attached hydrogens (tertiary/aromatic N) is 1. The summed E-state index contributed by atoms with van der Waals surface area (Å²) in [5.74, 6) is 0. The smallest absolute Gasteiger partial charge is 0.0755 e. The van der Waals surface area contributed by atoms with Crippen LogP contribution in [-0.4, -0.2) is 57.8 Å². The van der Waals surface area contributed by atoms with Gasteiger partial charge in [-0.3, -0.25) is 0 Å². The number of aliphatic hydroxyl groups excluding tert-OH is 1. The first-order chi connectivity index (χ1) is 10.3. The molecule has 0 aliphatic carbocycles. The molecule has 1 fully saturated rings. The number of halogens is 1. The molecule has 1 heterocycles.